The number of imidazole rings is 1. The summed E-state index contributed by atoms with van der Waals surface area (Å²) >= 11 is 0. The van der Waals surface area contributed by atoms with Crippen LogP contribution in [0.25, 0.3) is 16.9 Å². The number of nitrogens with two attached hydrogens (primary N) is 1. The number of nitrogens with zero attached hydrogens (tertiary/aromatic N) is 6. The summed E-state index contributed by atoms with van der Waals surface area (Å²) in [6.45, 7) is 2.09. The van der Waals surface area contributed by atoms with Crippen LogP contribution in [-0.4, -0.2) is 35.2 Å². The zero-order valence-corrected chi connectivity index (χ0v) is 15.9. The molecule has 0 radical (unpaired) electrons. The lowest BCUT2D eigenvalue weighted by Gasteiger charge is -2.09. The number of aryl methyl sites for hydroxylation is 1. The lowest BCUT2D eigenvalue weighted by molar-refractivity contribution is -0.116. The van der Waals surface area contributed by atoms with E-state index in [0.29, 0.717) is 28.6 Å². The van der Waals surface area contributed by atoms with Crippen LogP contribution < -0.4 is 11.1 Å². The fraction of sp³-hybridized carbons (Fsp3) is 0.250. The van der Waals surface area contributed by atoms with E-state index in [-0.39, 0.29) is 12.5 Å². The first-order valence-corrected chi connectivity index (χ1v) is 9.46. The average molecular weight is 388 g/mol. The van der Waals surface area contributed by atoms with E-state index in [4.69, 9.17) is 5.73 Å². The Morgan fingerprint density at radius 2 is 2.00 bits per heavy atom. The highest BCUT2D eigenvalue weighted by atomic mass is 16.1. The standard InChI is InChI=1S/C20H20N8O/c1-12-8-16(13-2-3-13)28(26-12)15-6-4-14(5-7-15)25-17(29)9-27-11-24-18-19(21)22-10-23-20(18)27/h4-8,10-11,13H,2-3,9H2,1H3,(H,25,29)(H2,21,22,23). The molecule has 0 unspecified atom stereocenters. The second kappa shape index (κ2) is 6.69. The zero-order chi connectivity index (χ0) is 20.0. The smallest absolute Gasteiger partial charge is 0.244 e. The predicted octanol–water partition coefficient (Wildman–Crippen LogP) is 2.42. The number of benzene rings is 1. The minimum Gasteiger partial charge on any atom is -0.382 e. The van der Waals surface area contributed by atoms with Gasteiger partial charge in [-0.2, -0.15) is 5.10 Å². The molecule has 4 aromatic rings. The van der Waals surface area contributed by atoms with Gasteiger partial charge in [0.05, 0.1) is 17.7 Å². The van der Waals surface area contributed by atoms with E-state index in [2.05, 4.69) is 31.4 Å². The third-order valence-corrected chi connectivity index (χ3v) is 4.99. The van der Waals surface area contributed by atoms with E-state index in [0.717, 1.165) is 11.4 Å². The van der Waals surface area contributed by atoms with Gasteiger partial charge in [-0.05, 0) is 50.1 Å². The molecule has 9 nitrogen and oxygen atoms in total. The number of rotatable bonds is 5. The SMILES string of the molecule is Cc1cc(C2CC2)n(-c2ccc(NC(=O)Cn3cnc4c(N)ncnc43)cc2)n1. The van der Waals surface area contributed by atoms with Gasteiger partial charge in [0.15, 0.2) is 11.5 Å². The third-order valence-electron chi connectivity index (χ3n) is 4.99. The number of fused-ring (bicyclic) bond motifs is 1. The van der Waals surface area contributed by atoms with Crippen molar-refractivity contribution in [3.8, 4) is 5.69 Å². The van der Waals surface area contributed by atoms with Crippen molar-refractivity contribution >= 4 is 28.6 Å². The van der Waals surface area contributed by atoms with Crippen LogP contribution in [0.1, 0.15) is 30.1 Å². The first-order valence-electron chi connectivity index (χ1n) is 9.46. The molecule has 0 atom stereocenters. The molecule has 1 aromatic carbocycles. The van der Waals surface area contributed by atoms with Crippen molar-refractivity contribution in [2.75, 3.05) is 11.1 Å². The molecule has 29 heavy (non-hydrogen) atoms. The number of amides is 1. The molecule has 3 heterocycles. The monoisotopic (exact) mass is 388 g/mol. The number of anilines is 2. The maximum atomic E-state index is 12.5. The van der Waals surface area contributed by atoms with Crippen molar-refractivity contribution in [1.82, 2.24) is 29.3 Å². The number of aromatic nitrogens is 6. The van der Waals surface area contributed by atoms with Crippen LogP contribution in [0.4, 0.5) is 11.5 Å². The van der Waals surface area contributed by atoms with Gasteiger partial charge < -0.3 is 15.6 Å². The summed E-state index contributed by atoms with van der Waals surface area (Å²) in [7, 11) is 0. The Hall–Kier alpha value is -3.75. The van der Waals surface area contributed by atoms with Gasteiger partial charge in [0.25, 0.3) is 0 Å². The van der Waals surface area contributed by atoms with Crippen LogP contribution in [0.15, 0.2) is 43.0 Å². The Labute approximate surface area is 166 Å². The lowest BCUT2D eigenvalue weighted by Crippen LogP contribution is -2.18. The molecular weight excluding hydrogens is 368 g/mol. The van der Waals surface area contributed by atoms with Gasteiger partial charge >= 0.3 is 0 Å². The minimum absolute atomic E-state index is 0.0822. The lowest BCUT2D eigenvalue weighted by atomic mass is 10.2. The Morgan fingerprint density at radius 1 is 1.21 bits per heavy atom. The molecule has 1 fully saturated rings. The van der Waals surface area contributed by atoms with Gasteiger partial charge in [0.1, 0.15) is 18.4 Å². The number of nitrogens with one attached hydrogen (secondary N) is 1. The molecule has 1 aliphatic carbocycles. The molecule has 1 saturated carbocycles. The highest BCUT2D eigenvalue weighted by molar-refractivity contribution is 5.92. The van der Waals surface area contributed by atoms with Crippen molar-refractivity contribution in [1.29, 1.82) is 0 Å². The van der Waals surface area contributed by atoms with Crippen LogP contribution in [-0.2, 0) is 11.3 Å². The fourth-order valence-electron chi connectivity index (χ4n) is 3.45. The molecule has 5 rings (SSSR count). The minimum atomic E-state index is -0.178. The van der Waals surface area contributed by atoms with Crippen molar-refractivity contribution in [2.24, 2.45) is 0 Å². The van der Waals surface area contributed by atoms with Crippen LogP contribution in [0.2, 0.25) is 0 Å². The molecule has 0 bridgehead atoms. The van der Waals surface area contributed by atoms with E-state index in [9.17, 15) is 4.79 Å². The fourth-order valence-corrected chi connectivity index (χ4v) is 3.45. The Bertz CT molecular complexity index is 1200. The van der Waals surface area contributed by atoms with E-state index >= 15 is 0 Å². The molecule has 0 aliphatic heterocycles. The molecular formula is C20H20N8O. The van der Waals surface area contributed by atoms with Crippen LogP contribution >= 0.6 is 0 Å². The highest BCUT2D eigenvalue weighted by Crippen LogP contribution is 2.41. The maximum absolute atomic E-state index is 12.5. The molecule has 1 amide bonds. The summed E-state index contributed by atoms with van der Waals surface area (Å²) in [6.07, 6.45) is 5.34. The second-order valence-electron chi connectivity index (χ2n) is 7.30. The molecule has 3 aromatic heterocycles. The number of hydrogen-bond acceptors (Lipinski definition) is 6. The van der Waals surface area contributed by atoms with Crippen LogP contribution in [0.5, 0.6) is 0 Å². The maximum Gasteiger partial charge on any atom is 0.244 e. The van der Waals surface area contributed by atoms with Crippen LogP contribution in [0, 0.1) is 6.92 Å². The Kier molecular flexibility index (Phi) is 4.01. The van der Waals surface area contributed by atoms with Gasteiger partial charge in [0, 0.05) is 17.3 Å². The van der Waals surface area contributed by atoms with Gasteiger partial charge in [-0.25, -0.2) is 19.6 Å². The van der Waals surface area contributed by atoms with Gasteiger partial charge in [0.2, 0.25) is 5.91 Å². The van der Waals surface area contributed by atoms with E-state index in [1.54, 1.807) is 4.57 Å². The Balaban J connectivity index is 1.31. The quantitative estimate of drug-likeness (QED) is 0.542. The van der Waals surface area contributed by atoms with Gasteiger partial charge in [-0.15, -0.1) is 0 Å². The summed E-state index contributed by atoms with van der Waals surface area (Å²) in [5.41, 5.74) is 10.8. The Morgan fingerprint density at radius 3 is 2.76 bits per heavy atom. The topological polar surface area (TPSA) is 117 Å². The normalized spacial score (nSPS) is 13.7. The summed E-state index contributed by atoms with van der Waals surface area (Å²) in [6, 6.07) is 9.85. The van der Waals surface area contributed by atoms with Gasteiger partial charge in [-0.3, -0.25) is 4.79 Å². The number of carbonyl (C=O) groups excluding carboxylic acids is 1. The first-order chi connectivity index (χ1) is 14.1. The number of carbonyl (C=O) groups is 1. The van der Waals surface area contributed by atoms with E-state index in [1.807, 2.05) is 35.9 Å². The molecule has 9 heteroatoms. The predicted molar refractivity (Wildman–Crippen MR) is 109 cm³/mol. The molecule has 1 aliphatic rings. The first kappa shape index (κ1) is 17.4. The average Bonchev–Trinajstić information content (AvgIpc) is 3.36. The molecule has 0 spiro atoms. The van der Waals surface area contributed by atoms with E-state index in [1.165, 1.54) is 31.2 Å². The largest absolute Gasteiger partial charge is 0.382 e. The molecule has 3 N–H and O–H groups in total. The van der Waals surface area contributed by atoms with Crippen molar-refractivity contribution in [3.63, 3.8) is 0 Å². The van der Waals surface area contributed by atoms with Gasteiger partial charge in [-0.1, -0.05) is 0 Å². The van der Waals surface area contributed by atoms with E-state index < -0.39 is 0 Å². The van der Waals surface area contributed by atoms with Crippen molar-refractivity contribution in [3.05, 3.63) is 54.4 Å². The van der Waals surface area contributed by atoms with Crippen LogP contribution in [0.3, 0.4) is 0 Å². The highest BCUT2D eigenvalue weighted by Gasteiger charge is 2.28. The summed E-state index contributed by atoms with van der Waals surface area (Å²) in [5, 5.41) is 7.52. The van der Waals surface area contributed by atoms with Crippen molar-refractivity contribution in [2.45, 2.75) is 32.2 Å². The summed E-state index contributed by atoms with van der Waals surface area (Å²) in [5.74, 6) is 0.727. The number of nitrogen functional groups attached to an aromatic ring is 1. The zero-order valence-electron chi connectivity index (χ0n) is 15.9. The molecule has 146 valence electrons. The third kappa shape index (κ3) is 3.31. The molecule has 0 saturated heterocycles. The summed E-state index contributed by atoms with van der Waals surface area (Å²) in [4.78, 5) is 24.7. The van der Waals surface area contributed by atoms with Crippen molar-refractivity contribution < 1.29 is 4.79 Å². The second-order valence-corrected chi connectivity index (χ2v) is 7.30. The number of hydrogen-bond donors (Lipinski definition) is 2. The summed E-state index contributed by atoms with van der Waals surface area (Å²) < 4.78 is 3.64.